The third-order valence-corrected chi connectivity index (χ3v) is 4.71. The average Bonchev–Trinajstić information content (AvgIpc) is 3.19. The van der Waals surface area contributed by atoms with E-state index in [9.17, 15) is 4.79 Å². The van der Waals surface area contributed by atoms with Crippen LogP contribution in [0.15, 0.2) is 46.0 Å². The lowest BCUT2D eigenvalue weighted by Crippen LogP contribution is -2.20. The van der Waals surface area contributed by atoms with Gasteiger partial charge in [-0.1, -0.05) is 15.9 Å². The molecule has 1 aliphatic heterocycles. The predicted octanol–water partition coefficient (Wildman–Crippen LogP) is 3.66. The predicted molar refractivity (Wildman–Crippen MR) is 103 cm³/mol. The number of nitrogens with one attached hydrogen (secondary N) is 2. The zero-order valence-corrected chi connectivity index (χ0v) is 15.6. The van der Waals surface area contributed by atoms with Crippen molar-refractivity contribution in [1.82, 2.24) is 10.4 Å². The molecular formula is C19H16BrN3O3. The van der Waals surface area contributed by atoms with Crippen LogP contribution in [0.5, 0.6) is 11.5 Å². The maximum Gasteiger partial charge on any atom is 0.244 e. The largest absolute Gasteiger partial charge is 0.454 e. The Morgan fingerprint density at radius 1 is 1.27 bits per heavy atom. The van der Waals surface area contributed by atoms with Gasteiger partial charge < -0.3 is 14.5 Å². The average molecular weight is 414 g/mol. The molecule has 0 radical (unpaired) electrons. The lowest BCUT2D eigenvalue weighted by Gasteiger charge is -2.02. The summed E-state index contributed by atoms with van der Waals surface area (Å²) in [6.45, 7) is 2.19. The smallest absolute Gasteiger partial charge is 0.244 e. The molecular weight excluding hydrogens is 398 g/mol. The number of fused-ring (bicyclic) bond motifs is 2. The lowest BCUT2D eigenvalue weighted by atomic mass is 10.1. The summed E-state index contributed by atoms with van der Waals surface area (Å²) in [5.41, 5.74) is 6.36. The van der Waals surface area contributed by atoms with Crippen molar-refractivity contribution in [3.05, 3.63) is 57.7 Å². The van der Waals surface area contributed by atoms with Crippen molar-refractivity contribution in [3.63, 3.8) is 0 Å². The van der Waals surface area contributed by atoms with E-state index in [2.05, 4.69) is 31.4 Å². The Labute approximate surface area is 158 Å². The first-order chi connectivity index (χ1) is 12.6. The highest BCUT2D eigenvalue weighted by Gasteiger charge is 2.14. The number of amides is 1. The number of benzene rings is 2. The van der Waals surface area contributed by atoms with E-state index in [4.69, 9.17) is 9.47 Å². The molecule has 3 aromatic rings. The van der Waals surface area contributed by atoms with Gasteiger partial charge in [-0.3, -0.25) is 4.79 Å². The van der Waals surface area contributed by atoms with Gasteiger partial charge in [-0.25, -0.2) is 5.43 Å². The summed E-state index contributed by atoms with van der Waals surface area (Å²) in [6, 6.07) is 11.5. The fourth-order valence-electron chi connectivity index (χ4n) is 2.95. The summed E-state index contributed by atoms with van der Waals surface area (Å²) in [5.74, 6) is 1.22. The molecule has 26 heavy (non-hydrogen) atoms. The van der Waals surface area contributed by atoms with Gasteiger partial charge in [-0.05, 0) is 54.4 Å². The normalized spacial score (nSPS) is 12.8. The van der Waals surface area contributed by atoms with E-state index in [1.54, 1.807) is 6.21 Å². The molecule has 1 aliphatic rings. The molecule has 1 amide bonds. The molecule has 2 N–H and O–H groups in total. The van der Waals surface area contributed by atoms with Crippen molar-refractivity contribution in [1.29, 1.82) is 0 Å². The number of hydrogen-bond donors (Lipinski definition) is 2. The van der Waals surface area contributed by atoms with Crippen molar-refractivity contribution < 1.29 is 14.3 Å². The van der Waals surface area contributed by atoms with Gasteiger partial charge in [0, 0.05) is 21.1 Å². The zero-order chi connectivity index (χ0) is 18.1. The Bertz CT molecular complexity index is 1030. The summed E-state index contributed by atoms with van der Waals surface area (Å²) in [6.07, 6.45) is 1.83. The van der Waals surface area contributed by atoms with Crippen molar-refractivity contribution in [2.45, 2.75) is 13.3 Å². The first-order valence-corrected chi connectivity index (χ1v) is 8.88. The third kappa shape index (κ3) is 3.30. The van der Waals surface area contributed by atoms with Gasteiger partial charge in [0.2, 0.25) is 12.7 Å². The van der Waals surface area contributed by atoms with E-state index in [-0.39, 0.29) is 19.1 Å². The quantitative estimate of drug-likeness (QED) is 0.506. The minimum absolute atomic E-state index is 0.175. The third-order valence-electron chi connectivity index (χ3n) is 4.22. The first-order valence-electron chi connectivity index (χ1n) is 8.08. The molecule has 0 bridgehead atoms. The summed E-state index contributed by atoms with van der Waals surface area (Å²) in [4.78, 5) is 15.6. The fourth-order valence-corrected chi connectivity index (χ4v) is 3.32. The van der Waals surface area contributed by atoms with Crippen LogP contribution in [-0.4, -0.2) is 23.9 Å². The fraction of sp³-hybridized carbons (Fsp3) is 0.158. The number of aryl methyl sites for hydroxylation is 1. The van der Waals surface area contributed by atoms with Crippen molar-refractivity contribution in [2.24, 2.45) is 5.10 Å². The molecule has 0 saturated heterocycles. The Balaban J connectivity index is 1.44. The number of aromatic amines is 1. The molecule has 0 saturated carbocycles. The molecule has 0 spiro atoms. The number of H-pyrrole nitrogens is 1. The van der Waals surface area contributed by atoms with Crippen LogP contribution in [0.1, 0.15) is 16.8 Å². The number of carbonyl (C=O) groups is 1. The summed E-state index contributed by atoms with van der Waals surface area (Å²) >= 11 is 3.47. The van der Waals surface area contributed by atoms with Crippen molar-refractivity contribution >= 4 is 39.0 Å². The van der Waals surface area contributed by atoms with Crippen LogP contribution in [0, 0.1) is 6.92 Å². The molecule has 132 valence electrons. The second-order valence-electron chi connectivity index (χ2n) is 6.00. The molecule has 0 aliphatic carbocycles. The molecule has 2 aromatic carbocycles. The Morgan fingerprint density at radius 2 is 2.12 bits per heavy atom. The van der Waals surface area contributed by atoms with Gasteiger partial charge in [0.15, 0.2) is 11.5 Å². The van der Waals surface area contributed by atoms with E-state index in [0.29, 0.717) is 11.5 Å². The van der Waals surface area contributed by atoms with Crippen LogP contribution in [0.4, 0.5) is 0 Å². The highest BCUT2D eigenvalue weighted by atomic mass is 79.9. The maximum absolute atomic E-state index is 12.3. The van der Waals surface area contributed by atoms with E-state index in [1.807, 2.05) is 43.3 Å². The van der Waals surface area contributed by atoms with Crippen molar-refractivity contribution in [3.8, 4) is 11.5 Å². The number of halogens is 1. The van der Waals surface area contributed by atoms with Gasteiger partial charge in [0.25, 0.3) is 0 Å². The molecule has 6 nitrogen and oxygen atoms in total. The Kier molecular flexibility index (Phi) is 4.38. The second kappa shape index (κ2) is 6.84. The molecule has 2 heterocycles. The molecule has 0 fully saturated rings. The molecule has 0 atom stereocenters. The van der Waals surface area contributed by atoms with E-state index < -0.39 is 0 Å². The Hall–Kier alpha value is -2.80. The van der Waals surface area contributed by atoms with E-state index in [1.165, 1.54) is 0 Å². The van der Waals surface area contributed by atoms with Crippen molar-refractivity contribution in [2.75, 3.05) is 6.79 Å². The monoisotopic (exact) mass is 413 g/mol. The van der Waals surface area contributed by atoms with Gasteiger partial charge >= 0.3 is 0 Å². The molecule has 0 unspecified atom stereocenters. The number of ether oxygens (including phenoxy) is 2. The summed E-state index contributed by atoms with van der Waals surface area (Å²) in [7, 11) is 0. The van der Waals surface area contributed by atoms with E-state index >= 15 is 0 Å². The van der Waals surface area contributed by atoms with Crippen LogP contribution in [-0.2, 0) is 11.2 Å². The van der Waals surface area contributed by atoms with E-state index in [0.717, 1.165) is 32.2 Å². The number of rotatable bonds is 4. The topological polar surface area (TPSA) is 75.7 Å². The van der Waals surface area contributed by atoms with Crippen LogP contribution >= 0.6 is 15.9 Å². The summed E-state index contributed by atoms with van der Waals surface area (Å²) in [5, 5.41) is 5.07. The van der Waals surface area contributed by atoms with Gasteiger partial charge in [0.1, 0.15) is 0 Å². The number of nitrogens with zero attached hydrogens (tertiary/aromatic N) is 1. The van der Waals surface area contributed by atoms with Crippen LogP contribution in [0.2, 0.25) is 0 Å². The minimum Gasteiger partial charge on any atom is -0.454 e. The van der Waals surface area contributed by atoms with Crippen LogP contribution in [0.25, 0.3) is 10.9 Å². The highest BCUT2D eigenvalue weighted by molar-refractivity contribution is 9.10. The SMILES string of the molecule is Cc1[nH]c2ccc(Br)cc2c1CC(=O)N/N=C/c1ccc2c(c1)OCO2. The van der Waals surface area contributed by atoms with Gasteiger partial charge in [-0.2, -0.15) is 5.10 Å². The Morgan fingerprint density at radius 3 is 3.00 bits per heavy atom. The second-order valence-corrected chi connectivity index (χ2v) is 6.92. The standard InChI is InChI=1S/C19H16BrN3O3/c1-11-14(15-7-13(20)3-4-16(15)22-11)8-19(24)23-21-9-12-2-5-17-18(6-12)26-10-25-17/h2-7,9,22H,8,10H2,1H3,(H,23,24)/b21-9+. The van der Waals surface area contributed by atoms with Gasteiger partial charge in [-0.15, -0.1) is 0 Å². The zero-order valence-electron chi connectivity index (χ0n) is 14.0. The van der Waals surface area contributed by atoms with Crippen LogP contribution < -0.4 is 14.9 Å². The number of hydrogen-bond acceptors (Lipinski definition) is 4. The first kappa shape index (κ1) is 16.7. The minimum atomic E-state index is -0.175. The molecule has 4 rings (SSSR count). The lowest BCUT2D eigenvalue weighted by molar-refractivity contribution is -0.120. The van der Waals surface area contributed by atoms with Gasteiger partial charge in [0.05, 0.1) is 12.6 Å². The molecule has 1 aromatic heterocycles. The number of hydrazone groups is 1. The number of carbonyl (C=O) groups excluding carboxylic acids is 1. The maximum atomic E-state index is 12.3. The summed E-state index contributed by atoms with van der Waals surface area (Å²) < 4.78 is 11.6. The highest BCUT2D eigenvalue weighted by Crippen LogP contribution is 2.32. The van der Waals surface area contributed by atoms with Crippen LogP contribution in [0.3, 0.4) is 0 Å². The molecule has 7 heteroatoms. The number of aromatic nitrogens is 1.